The third-order valence-electron chi connectivity index (χ3n) is 2.75. The minimum atomic E-state index is -0.0513. The van der Waals surface area contributed by atoms with Gasteiger partial charge in [0, 0.05) is 6.04 Å². The fourth-order valence-electron chi connectivity index (χ4n) is 1.65. The summed E-state index contributed by atoms with van der Waals surface area (Å²) in [7, 11) is 2.46. The number of hydrogen-bond donors (Lipinski definition) is 1. The number of allylic oxidation sites excluding steroid dienone is 2. The van der Waals surface area contributed by atoms with E-state index in [2.05, 4.69) is 20.6 Å². The molecule has 3 nitrogen and oxygen atoms in total. The largest absolute Gasteiger partial charge is 0.460 e. The molecule has 1 unspecified atom stereocenters. The lowest BCUT2D eigenvalue weighted by atomic mass is 9.98. The summed E-state index contributed by atoms with van der Waals surface area (Å²) in [6.07, 6.45) is 3.75. The van der Waals surface area contributed by atoms with Crippen LogP contribution in [0.1, 0.15) is 33.6 Å². The van der Waals surface area contributed by atoms with Crippen LogP contribution < -0.4 is 5.09 Å². The molecule has 4 atom stereocenters. The van der Waals surface area contributed by atoms with Crippen molar-refractivity contribution in [3.8, 4) is 0 Å². The first-order valence-corrected chi connectivity index (χ1v) is 5.92. The number of rotatable bonds is 4. The second-order valence-electron chi connectivity index (χ2n) is 4.38. The van der Waals surface area contributed by atoms with Crippen LogP contribution in [0.4, 0.5) is 0 Å². The first kappa shape index (κ1) is 12.7. The molecule has 1 rings (SSSR count). The fraction of sp³-hybridized carbons (Fsp3) is 0.727. The normalized spacial score (nSPS) is 27.3. The van der Waals surface area contributed by atoms with Crippen LogP contribution in [0, 0.1) is 5.92 Å². The fourth-order valence-corrected chi connectivity index (χ4v) is 1.87. The molecule has 1 fully saturated rings. The van der Waals surface area contributed by atoms with Crippen LogP contribution in [0.15, 0.2) is 11.6 Å². The predicted molar refractivity (Wildman–Crippen MR) is 64.3 cm³/mol. The van der Waals surface area contributed by atoms with Gasteiger partial charge in [0.05, 0.1) is 5.92 Å². The summed E-state index contributed by atoms with van der Waals surface area (Å²) in [5.41, 5.74) is 1.25. The summed E-state index contributed by atoms with van der Waals surface area (Å²) in [5, 5.41) is 3.04. The van der Waals surface area contributed by atoms with Gasteiger partial charge >= 0.3 is 5.97 Å². The van der Waals surface area contributed by atoms with E-state index in [1.165, 1.54) is 5.57 Å². The lowest BCUT2D eigenvalue weighted by Gasteiger charge is -2.16. The first-order valence-electron chi connectivity index (χ1n) is 5.34. The Kier molecular flexibility index (Phi) is 4.75. The van der Waals surface area contributed by atoms with Gasteiger partial charge in [0.1, 0.15) is 6.10 Å². The quantitative estimate of drug-likeness (QED) is 0.455. The molecule has 0 spiro atoms. The van der Waals surface area contributed by atoms with E-state index in [-0.39, 0.29) is 24.0 Å². The summed E-state index contributed by atoms with van der Waals surface area (Å²) < 4.78 is 5.31. The minimum Gasteiger partial charge on any atom is -0.460 e. The Morgan fingerprint density at radius 3 is 2.93 bits per heavy atom. The Labute approximate surface area is 93.9 Å². The molecule has 0 radical (unpaired) electrons. The van der Waals surface area contributed by atoms with Crippen LogP contribution in [0.25, 0.3) is 0 Å². The number of carbonyl (C=O) groups is 1. The number of cyclic esters (lactones) is 1. The van der Waals surface area contributed by atoms with Gasteiger partial charge in [-0.1, -0.05) is 21.0 Å². The Morgan fingerprint density at radius 2 is 2.40 bits per heavy atom. The molecule has 4 heteroatoms. The first-order chi connectivity index (χ1) is 7.04. The van der Waals surface area contributed by atoms with Gasteiger partial charge in [0.15, 0.2) is 0 Å². The van der Waals surface area contributed by atoms with E-state index in [0.29, 0.717) is 0 Å². The zero-order valence-electron chi connectivity index (χ0n) is 9.62. The number of ether oxygens (including phenoxy) is 1. The van der Waals surface area contributed by atoms with Gasteiger partial charge in [-0.15, -0.1) is 0 Å². The molecule has 0 aromatic heterocycles. The molecule has 1 aliphatic rings. The molecule has 0 aliphatic carbocycles. The van der Waals surface area contributed by atoms with Gasteiger partial charge in [-0.25, -0.2) is 0 Å². The van der Waals surface area contributed by atoms with Crippen LogP contribution in [-0.2, 0) is 9.53 Å². The Bertz CT molecular complexity index is 261. The lowest BCUT2D eigenvalue weighted by Crippen LogP contribution is -2.31. The van der Waals surface area contributed by atoms with Gasteiger partial charge in [0.25, 0.3) is 0 Å². The van der Waals surface area contributed by atoms with E-state index in [4.69, 9.17) is 4.74 Å². The molecule has 1 heterocycles. The topological polar surface area (TPSA) is 38.3 Å². The standard InChI is InChI=1S/C11H20NO2P/c1-7(2)4-5-9-6-10(8(3)12-15)14-11(9)13/h4,8-10,12H,5-6,15H2,1-3H3/t8-,9+,10-/m0/s1. The van der Waals surface area contributed by atoms with Gasteiger partial charge in [-0.3, -0.25) is 9.88 Å². The summed E-state index contributed by atoms with van der Waals surface area (Å²) in [6.45, 7) is 6.11. The highest BCUT2D eigenvalue weighted by Gasteiger charge is 2.35. The van der Waals surface area contributed by atoms with E-state index in [1.807, 2.05) is 20.8 Å². The van der Waals surface area contributed by atoms with Crippen molar-refractivity contribution in [3.05, 3.63) is 11.6 Å². The predicted octanol–water partition coefficient (Wildman–Crippen LogP) is 2.04. The van der Waals surface area contributed by atoms with E-state index >= 15 is 0 Å². The average Bonchev–Trinajstić information content (AvgIpc) is 2.55. The zero-order valence-corrected chi connectivity index (χ0v) is 10.8. The number of hydrogen-bond acceptors (Lipinski definition) is 3. The highest BCUT2D eigenvalue weighted by Crippen LogP contribution is 2.27. The number of carbonyl (C=O) groups excluding carboxylic acids is 1. The summed E-state index contributed by atoms with van der Waals surface area (Å²) in [4.78, 5) is 11.5. The molecule has 1 N–H and O–H groups in total. The smallest absolute Gasteiger partial charge is 0.309 e. The third-order valence-corrected chi connectivity index (χ3v) is 3.27. The molecular weight excluding hydrogens is 209 g/mol. The van der Waals surface area contributed by atoms with Crippen LogP contribution in [0.3, 0.4) is 0 Å². The Balaban J connectivity index is 2.49. The van der Waals surface area contributed by atoms with Crippen LogP contribution in [0.2, 0.25) is 0 Å². The van der Waals surface area contributed by atoms with Crippen molar-refractivity contribution in [2.24, 2.45) is 5.92 Å². The number of nitrogens with one attached hydrogen (secondary N) is 1. The van der Waals surface area contributed by atoms with Gasteiger partial charge in [-0.2, -0.15) is 0 Å². The molecule has 0 aromatic rings. The second kappa shape index (κ2) is 5.62. The molecular formula is C11H20NO2P. The van der Waals surface area contributed by atoms with Gasteiger partial charge in [0.2, 0.25) is 0 Å². The number of esters is 1. The summed E-state index contributed by atoms with van der Waals surface area (Å²) >= 11 is 0. The maximum Gasteiger partial charge on any atom is 0.309 e. The van der Waals surface area contributed by atoms with Crippen LogP contribution in [0.5, 0.6) is 0 Å². The molecule has 86 valence electrons. The van der Waals surface area contributed by atoms with E-state index in [9.17, 15) is 4.79 Å². The van der Waals surface area contributed by atoms with Crippen molar-refractivity contribution in [2.75, 3.05) is 0 Å². The van der Waals surface area contributed by atoms with Crippen molar-refractivity contribution in [3.63, 3.8) is 0 Å². The third kappa shape index (κ3) is 3.58. The molecule has 1 saturated heterocycles. The highest BCUT2D eigenvalue weighted by atomic mass is 31.0. The maximum absolute atomic E-state index is 11.5. The molecule has 1 aliphatic heterocycles. The van der Waals surface area contributed by atoms with Crippen molar-refractivity contribution in [2.45, 2.75) is 45.8 Å². The molecule has 0 bridgehead atoms. The maximum atomic E-state index is 11.5. The van der Waals surface area contributed by atoms with Crippen LogP contribution in [-0.4, -0.2) is 18.1 Å². The lowest BCUT2D eigenvalue weighted by molar-refractivity contribution is -0.144. The molecule has 0 amide bonds. The van der Waals surface area contributed by atoms with Crippen molar-refractivity contribution in [1.82, 2.24) is 5.09 Å². The van der Waals surface area contributed by atoms with E-state index < -0.39 is 0 Å². The van der Waals surface area contributed by atoms with E-state index in [0.717, 1.165) is 12.8 Å². The van der Waals surface area contributed by atoms with Gasteiger partial charge < -0.3 is 4.74 Å². The van der Waals surface area contributed by atoms with E-state index in [1.54, 1.807) is 0 Å². The molecule has 0 aromatic carbocycles. The summed E-state index contributed by atoms with van der Waals surface area (Å²) in [6, 6.07) is 0.204. The molecule has 15 heavy (non-hydrogen) atoms. The minimum absolute atomic E-state index is 0.0190. The monoisotopic (exact) mass is 229 g/mol. The second-order valence-corrected chi connectivity index (χ2v) is 4.71. The highest BCUT2D eigenvalue weighted by molar-refractivity contribution is 7.13. The SMILES string of the molecule is CC(C)=CC[C@@H]1C[C@@H]([C@H](C)NP)OC1=O. The zero-order chi connectivity index (χ0) is 11.4. The average molecular weight is 229 g/mol. The van der Waals surface area contributed by atoms with Crippen molar-refractivity contribution < 1.29 is 9.53 Å². The van der Waals surface area contributed by atoms with Crippen LogP contribution >= 0.6 is 9.39 Å². The Hall–Kier alpha value is -0.400. The summed E-state index contributed by atoms with van der Waals surface area (Å²) in [5.74, 6) is -0.00435. The van der Waals surface area contributed by atoms with Crippen molar-refractivity contribution in [1.29, 1.82) is 0 Å². The van der Waals surface area contributed by atoms with Crippen molar-refractivity contribution >= 4 is 15.4 Å². The van der Waals surface area contributed by atoms with Gasteiger partial charge in [-0.05, 0) is 33.6 Å². The Morgan fingerprint density at radius 1 is 1.73 bits per heavy atom. The molecule has 0 saturated carbocycles.